The maximum absolute atomic E-state index is 4.94. The molecule has 39 heavy (non-hydrogen) atoms. The van der Waals surface area contributed by atoms with E-state index in [1.54, 1.807) is 0 Å². The normalized spacial score (nSPS) is 12.9. The average Bonchev–Trinajstić information content (AvgIpc) is 3.65. The number of rotatable bonds is 8. The first-order valence-electron chi connectivity index (χ1n) is 14.1. The summed E-state index contributed by atoms with van der Waals surface area (Å²) in [4.78, 5) is 0. The number of hydrogen-bond acceptors (Lipinski definition) is 2. The molecule has 4 rings (SSSR count). The van der Waals surface area contributed by atoms with Crippen molar-refractivity contribution in [2.75, 3.05) is 39.5 Å². The first kappa shape index (κ1) is 42.2. The summed E-state index contributed by atoms with van der Waals surface area (Å²) in [5.41, 5.74) is 7.62. The van der Waals surface area contributed by atoms with E-state index in [4.69, 9.17) is 9.47 Å². The van der Waals surface area contributed by atoms with Crippen LogP contribution in [0, 0.1) is 27.7 Å². The van der Waals surface area contributed by atoms with Crippen molar-refractivity contribution in [3.05, 3.63) is 69.3 Å². The second-order valence-corrected chi connectivity index (χ2v) is 9.55. The quantitative estimate of drug-likeness (QED) is 0.419. The van der Waals surface area contributed by atoms with E-state index in [2.05, 4.69) is 88.6 Å². The molecule has 0 bridgehead atoms. The maximum atomic E-state index is 4.94. The van der Waals surface area contributed by atoms with Gasteiger partial charge in [-0.2, -0.15) is 0 Å². The SMILES string of the molecule is C1CCOC1.C1CCOC1.CCCC[N-]c1cccc(C)c1C.CCCC[N-]c1cccc(C)c1C.[F-].[F-].[Zr+4]. The van der Waals surface area contributed by atoms with E-state index in [9.17, 15) is 0 Å². The van der Waals surface area contributed by atoms with Gasteiger partial charge < -0.3 is 29.5 Å². The van der Waals surface area contributed by atoms with Crippen LogP contribution >= 0.6 is 0 Å². The Morgan fingerprint density at radius 2 is 0.923 bits per heavy atom. The number of hydrogen-bond donors (Lipinski definition) is 0. The van der Waals surface area contributed by atoms with Crippen molar-refractivity contribution in [3.63, 3.8) is 0 Å². The summed E-state index contributed by atoms with van der Waals surface area (Å²) in [6.45, 7) is 18.8. The van der Waals surface area contributed by atoms with Crippen LogP contribution in [-0.2, 0) is 35.7 Å². The first-order chi connectivity index (χ1) is 17.5. The van der Waals surface area contributed by atoms with Crippen molar-refractivity contribution in [2.24, 2.45) is 0 Å². The van der Waals surface area contributed by atoms with Crippen LogP contribution in [0.15, 0.2) is 36.4 Å². The van der Waals surface area contributed by atoms with Gasteiger partial charge >= 0.3 is 26.2 Å². The summed E-state index contributed by atoms with van der Waals surface area (Å²) < 4.78 is 9.89. The summed E-state index contributed by atoms with van der Waals surface area (Å²) in [6, 6.07) is 12.6. The molecular weight excluding hydrogens is 574 g/mol. The largest absolute Gasteiger partial charge is 4.00 e. The second kappa shape index (κ2) is 28.2. The van der Waals surface area contributed by atoms with Crippen molar-refractivity contribution >= 4 is 11.4 Å². The third kappa shape index (κ3) is 20.3. The molecule has 0 spiro atoms. The van der Waals surface area contributed by atoms with Gasteiger partial charge in [-0.15, -0.1) is 24.5 Å². The molecule has 0 aliphatic carbocycles. The van der Waals surface area contributed by atoms with Gasteiger partial charge in [-0.05, 0) is 64.5 Å². The topological polar surface area (TPSA) is 46.7 Å². The molecule has 2 saturated heterocycles. The molecule has 2 fully saturated rings. The Labute approximate surface area is 257 Å². The van der Waals surface area contributed by atoms with Gasteiger partial charge in [0, 0.05) is 26.4 Å². The smallest absolute Gasteiger partial charge is 1.00 e. The first-order valence-corrected chi connectivity index (χ1v) is 14.1. The Morgan fingerprint density at radius 3 is 1.18 bits per heavy atom. The van der Waals surface area contributed by atoms with Gasteiger partial charge in [0.15, 0.2) is 0 Å². The van der Waals surface area contributed by atoms with Gasteiger partial charge in [-0.1, -0.05) is 87.1 Å². The number of ether oxygens (including phenoxy) is 2. The van der Waals surface area contributed by atoms with Crippen LogP contribution in [0.2, 0.25) is 0 Å². The van der Waals surface area contributed by atoms with Gasteiger partial charge in [-0.25, -0.2) is 0 Å². The molecule has 4 nitrogen and oxygen atoms in total. The number of benzene rings is 2. The summed E-state index contributed by atoms with van der Waals surface area (Å²) in [6.07, 6.45) is 9.92. The molecule has 0 N–H and O–H groups in total. The molecule has 2 aliphatic rings. The molecule has 0 aromatic heterocycles. The van der Waals surface area contributed by atoms with Crippen LogP contribution in [0.5, 0.6) is 0 Å². The minimum atomic E-state index is 0. The zero-order valence-corrected chi connectivity index (χ0v) is 27.8. The number of unbranched alkanes of at least 4 members (excludes halogenated alkanes) is 2. The molecule has 0 saturated carbocycles. The monoisotopic (exact) mass is 624 g/mol. The van der Waals surface area contributed by atoms with E-state index in [1.807, 2.05) is 0 Å². The fourth-order valence-corrected chi connectivity index (χ4v) is 3.55. The standard InChI is InChI=1S/2C12H18N.2C4H8O.2FH.Zr/c2*1-4-5-9-13-12-8-6-7-10(2)11(12)3;2*1-2-4-5-3-1;;;/h2*6-8H,4-5,9H2,1-3H3;2*1-4H2;2*1H;/q2*-1;;;;;+4/p-2. The Bertz CT molecular complexity index is 734. The van der Waals surface area contributed by atoms with Gasteiger partial charge in [0.2, 0.25) is 0 Å². The van der Waals surface area contributed by atoms with E-state index in [0.717, 1.165) is 50.9 Å². The van der Waals surface area contributed by atoms with Crippen LogP contribution < -0.4 is 9.41 Å². The van der Waals surface area contributed by atoms with E-state index in [-0.39, 0.29) is 35.6 Å². The molecule has 220 valence electrons. The fourth-order valence-electron chi connectivity index (χ4n) is 3.55. The molecule has 0 radical (unpaired) electrons. The van der Waals surface area contributed by atoms with Gasteiger partial charge in [-0.3, -0.25) is 0 Å². The Hall–Kier alpha value is -1.30. The second-order valence-electron chi connectivity index (χ2n) is 9.55. The van der Waals surface area contributed by atoms with Crippen LogP contribution in [0.3, 0.4) is 0 Å². The number of aryl methyl sites for hydroxylation is 2. The molecule has 0 amide bonds. The van der Waals surface area contributed by atoms with Crippen molar-refractivity contribution < 1.29 is 45.1 Å². The Morgan fingerprint density at radius 1 is 0.590 bits per heavy atom. The summed E-state index contributed by atoms with van der Waals surface area (Å²) in [5.74, 6) is 0. The van der Waals surface area contributed by atoms with Crippen molar-refractivity contribution in [1.29, 1.82) is 0 Å². The predicted molar refractivity (Wildman–Crippen MR) is 158 cm³/mol. The van der Waals surface area contributed by atoms with Crippen LogP contribution in [0.25, 0.3) is 10.6 Å². The van der Waals surface area contributed by atoms with Crippen LogP contribution in [-0.4, -0.2) is 39.5 Å². The zero-order valence-electron chi connectivity index (χ0n) is 25.3. The van der Waals surface area contributed by atoms with E-state index >= 15 is 0 Å². The minimum absolute atomic E-state index is 0. The van der Waals surface area contributed by atoms with Crippen molar-refractivity contribution in [2.45, 2.75) is 92.9 Å². The van der Waals surface area contributed by atoms with E-state index in [1.165, 1.54) is 73.6 Å². The molecule has 2 heterocycles. The third-order valence-corrected chi connectivity index (χ3v) is 6.39. The summed E-state index contributed by atoms with van der Waals surface area (Å²) >= 11 is 0. The predicted octanol–water partition coefficient (Wildman–Crippen LogP) is 3.82. The van der Waals surface area contributed by atoms with Gasteiger partial charge in [0.1, 0.15) is 0 Å². The van der Waals surface area contributed by atoms with Crippen LogP contribution in [0.1, 0.15) is 87.5 Å². The molecule has 0 unspecified atom stereocenters. The molecule has 2 aromatic rings. The van der Waals surface area contributed by atoms with Crippen LogP contribution in [0.4, 0.5) is 11.4 Å². The average molecular weight is 626 g/mol. The number of halogens is 2. The van der Waals surface area contributed by atoms with Gasteiger partial charge in [0.05, 0.1) is 0 Å². The zero-order chi connectivity index (χ0) is 26.4. The fraction of sp³-hybridized carbons (Fsp3) is 0.625. The van der Waals surface area contributed by atoms with Crippen molar-refractivity contribution in [3.8, 4) is 0 Å². The number of nitrogens with zero attached hydrogens (tertiary/aromatic N) is 2. The minimum Gasteiger partial charge on any atom is -1.00 e. The molecule has 2 aromatic carbocycles. The van der Waals surface area contributed by atoms with E-state index < -0.39 is 0 Å². The van der Waals surface area contributed by atoms with E-state index in [0.29, 0.717) is 0 Å². The van der Waals surface area contributed by atoms with Crippen molar-refractivity contribution in [1.82, 2.24) is 0 Å². The molecule has 0 atom stereocenters. The summed E-state index contributed by atoms with van der Waals surface area (Å²) in [5, 5.41) is 9.11. The maximum Gasteiger partial charge on any atom is 4.00 e. The van der Waals surface area contributed by atoms with Gasteiger partial charge in [0.25, 0.3) is 0 Å². The molecular formula is C32H52F2N2O2Zr. The Kier molecular flexibility index (Phi) is 30.5. The molecule has 7 heteroatoms. The third-order valence-electron chi connectivity index (χ3n) is 6.39. The Balaban J connectivity index is -0.000000466. The summed E-state index contributed by atoms with van der Waals surface area (Å²) in [7, 11) is 0. The molecule has 2 aliphatic heterocycles.